The van der Waals surface area contributed by atoms with E-state index >= 15 is 0 Å². The summed E-state index contributed by atoms with van der Waals surface area (Å²) in [7, 11) is 6.73. The lowest BCUT2D eigenvalue weighted by Crippen LogP contribution is -2.56. The van der Waals surface area contributed by atoms with Crippen LogP contribution in [0.5, 0.6) is 23.0 Å². The van der Waals surface area contributed by atoms with Gasteiger partial charge in [-0.25, -0.2) is 19.9 Å². The Morgan fingerprint density at radius 2 is 0.708 bits per heavy atom. The number of carbonyl (C=O) groups is 4. The highest BCUT2D eigenvalue weighted by Gasteiger charge is 2.40. The maximum atomic E-state index is 12.7. The van der Waals surface area contributed by atoms with E-state index in [-0.39, 0.29) is 101 Å². The second kappa shape index (κ2) is 47.9. The number of piperazine rings is 3. The van der Waals surface area contributed by atoms with Crippen molar-refractivity contribution in [2.24, 2.45) is 28.2 Å². The molecule has 764 valence electrons. The molecular weight excluding hydrogens is 1920 g/mol. The van der Waals surface area contributed by atoms with Crippen molar-refractivity contribution in [2.45, 2.75) is 182 Å². The molecule has 8 aromatic heterocycles. The zero-order chi connectivity index (χ0) is 102. The molecule has 0 aliphatic carbocycles. The first-order valence-corrected chi connectivity index (χ1v) is 51.0. The van der Waals surface area contributed by atoms with Gasteiger partial charge in [-0.05, 0) is 176 Å². The number of nitrogens with zero attached hydrogens (tertiary/aromatic N) is 19. The predicted molar refractivity (Wildman–Crippen MR) is 569 cm³/mol. The molecule has 0 spiro atoms. The summed E-state index contributed by atoms with van der Waals surface area (Å²) in [4.78, 5) is 151. The molecule has 5 unspecified atom stereocenters. The quantitative estimate of drug-likeness (QED) is 0.0304. The molecule has 6 fully saturated rings. The lowest BCUT2D eigenvalue weighted by Gasteiger charge is -2.43. The largest absolute Gasteiger partial charge is 0.480 e. The van der Waals surface area contributed by atoms with Crippen molar-refractivity contribution in [3.8, 4) is 23.0 Å². The third-order valence-corrected chi connectivity index (χ3v) is 28.5. The molecule has 0 bridgehead atoms. The first-order chi connectivity index (χ1) is 69.3. The molecule has 12 aromatic rings. The molecule has 40 heteroatoms. The summed E-state index contributed by atoms with van der Waals surface area (Å²) in [6, 6.07) is 32.1. The number of benzene rings is 4. The van der Waals surface area contributed by atoms with Crippen molar-refractivity contribution in [1.82, 2.24) is 72.8 Å². The Morgan fingerprint density at radius 1 is 0.389 bits per heavy atom. The number of ketones is 4. The molecule has 36 nitrogen and oxygen atoms in total. The summed E-state index contributed by atoms with van der Waals surface area (Å²) in [5, 5.41) is 18.0. The van der Waals surface area contributed by atoms with Crippen molar-refractivity contribution in [2.75, 3.05) is 146 Å². The second-order valence-corrected chi connectivity index (χ2v) is 38.9. The lowest BCUT2D eigenvalue weighted by atomic mass is 10.1. The van der Waals surface area contributed by atoms with Crippen LogP contribution in [-0.4, -0.2) is 243 Å². The molecule has 6 aliphatic heterocycles. The minimum Gasteiger partial charge on any atom is -0.480 e. The van der Waals surface area contributed by atoms with Gasteiger partial charge in [-0.1, -0.05) is 94.9 Å². The average Bonchev–Trinajstić information content (AvgIpc) is 0.857. The fraction of sp³-hybridized carbons (Fsp3) is 0.462. The number of fused-ring (bicyclic) bond motifs is 6. The van der Waals surface area contributed by atoms with Crippen LogP contribution in [0.4, 0.5) is 69.8 Å². The lowest BCUT2D eigenvalue weighted by molar-refractivity contribution is -0.121. The minimum absolute atomic E-state index is 0.0635. The smallest absolute Gasteiger partial charge is 0.293 e. The maximum Gasteiger partial charge on any atom is 0.293 e. The number of morpholine rings is 1. The Labute approximate surface area is 856 Å². The third kappa shape index (κ3) is 24.9. The van der Waals surface area contributed by atoms with E-state index in [1.54, 1.807) is 105 Å². The number of aryl methyl sites for hydroxylation is 4. The van der Waals surface area contributed by atoms with E-state index in [1.807, 2.05) is 72.8 Å². The van der Waals surface area contributed by atoms with Crippen LogP contribution in [0, 0.1) is 0 Å². The first-order valence-electron chi connectivity index (χ1n) is 49.5. The number of hydrogen-bond donors (Lipinski definition) is 4. The monoisotopic (exact) mass is 2050 g/mol. The highest BCUT2D eigenvalue weighted by molar-refractivity contribution is 6.34. The van der Waals surface area contributed by atoms with Gasteiger partial charge in [-0.2, -0.15) is 19.9 Å². The number of nitrogens with one attached hydrogen (secondary N) is 4. The molecule has 6 saturated heterocycles. The van der Waals surface area contributed by atoms with E-state index in [2.05, 4.69) is 122 Å². The molecule has 14 heterocycles. The van der Waals surface area contributed by atoms with Gasteiger partial charge in [0.1, 0.15) is 46.5 Å². The van der Waals surface area contributed by atoms with E-state index in [0.717, 1.165) is 138 Å². The fourth-order valence-electron chi connectivity index (χ4n) is 19.1. The number of Topliss-reactive ketones (excluding diaryl/α,β-unsaturated/α-hetero) is 4. The Hall–Kier alpha value is -12.7. The van der Waals surface area contributed by atoms with Crippen molar-refractivity contribution in [1.29, 1.82) is 0 Å². The van der Waals surface area contributed by atoms with Gasteiger partial charge in [-0.15, -0.1) is 0 Å². The van der Waals surface area contributed by atoms with Crippen molar-refractivity contribution < 1.29 is 42.9 Å². The normalized spacial score (nSPS) is 18.0. The molecule has 0 amide bonds. The number of anilines is 12. The number of rotatable bonds is 32. The number of halogens is 4. The summed E-state index contributed by atoms with van der Waals surface area (Å²) < 4.78 is 33.9. The van der Waals surface area contributed by atoms with Gasteiger partial charge in [0, 0.05) is 193 Å². The van der Waals surface area contributed by atoms with Crippen LogP contribution in [0.1, 0.15) is 140 Å². The van der Waals surface area contributed by atoms with Crippen LogP contribution in [0.2, 0.25) is 20.1 Å². The summed E-state index contributed by atoms with van der Waals surface area (Å²) in [5.41, 5.74) is 4.84. The van der Waals surface area contributed by atoms with Gasteiger partial charge in [0.05, 0.1) is 59.6 Å². The average molecular weight is 2050 g/mol. The van der Waals surface area contributed by atoms with Gasteiger partial charge in [0.25, 0.3) is 22.2 Å². The van der Waals surface area contributed by atoms with Crippen LogP contribution < -0.4 is 82.1 Å². The van der Waals surface area contributed by atoms with E-state index in [9.17, 15) is 38.4 Å². The summed E-state index contributed by atoms with van der Waals surface area (Å²) >= 11 is 25.8. The van der Waals surface area contributed by atoms with Crippen molar-refractivity contribution >= 4 is 183 Å². The van der Waals surface area contributed by atoms with Crippen LogP contribution in [0.3, 0.4) is 0 Å². The molecular formula is C104H127Cl4N23O13. The number of hydrogen-bond acceptors (Lipinski definition) is 32. The van der Waals surface area contributed by atoms with Gasteiger partial charge in [0.15, 0.2) is 69.4 Å². The molecule has 0 saturated carbocycles. The maximum absolute atomic E-state index is 12.7. The van der Waals surface area contributed by atoms with Crippen molar-refractivity contribution in [3.63, 3.8) is 0 Å². The van der Waals surface area contributed by atoms with Crippen molar-refractivity contribution in [3.05, 3.63) is 183 Å². The zero-order valence-corrected chi connectivity index (χ0v) is 87.0. The van der Waals surface area contributed by atoms with E-state index in [1.165, 1.54) is 57.0 Å². The van der Waals surface area contributed by atoms with Gasteiger partial charge >= 0.3 is 0 Å². The topological polar surface area (TPSA) is 376 Å². The van der Waals surface area contributed by atoms with E-state index in [0.29, 0.717) is 142 Å². The molecule has 144 heavy (non-hydrogen) atoms. The molecule has 6 atom stereocenters. The second-order valence-electron chi connectivity index (χ2n) is 37.3. The zero-order valence-electron chi connectivity index (χ0n) is 84.0. The highest BCUT2D eigenvalue weighted by Crippen LogP contribution is 2.38. The van der Waals surface area contributed by atoms with Crippen LogP contribution >= 0.6 is 46.4 Å². The molecule has 0 radical (unpaired) electrons. The highest BCUT2D eigenvalue weighted by atomic mass is 35.5. The molecule has 18 rings (SSSR count). The van der Waals surface area contributed by atoms with Crippen LogP contribution in [-0.2, 0) is 52.1 Å². The Morgan fingerprint density at radius 3 is 1.04 bits per heavy atom. The van der Waals surface area contributed by atoms with E-state index in [4.69, 9.17) is 85.0 Å². The molecule has 4 N–H and O–H groups in total. The Bertz CT molecular complexity index is 6960. The van der Waals surface area contributed by atoms with Crippen LogP contribution in [0.25, 0.3) is 43.6 Å². The minimum atomic E-state index is -0.295. The van der Waals surface area contributed by atoms with Crippen LogP contribution in [0.15, 0.2) is 141 Å². The summed E-state index contributed by atoms with van der Waals surface area (Å²) in [5.74, 6) is 4.94. The van der Waals surface area contributed by atoms with Gasteiger partial charge in [0.2, 0.25) is 23.8 Å². The standard InChI is InChI=1S/C27H33ClN6O3.C27H35ClN6O3.C26H31ClN6O3.C24H28ClN5O4/c1-4-19-14-33(15-20-7-6-10-34(19)20)27-29-13-22(28)25(31-27)30-18-8-9-23-17(11-18)12-24(26(36)32(23)3)37-16-21(35)5-2;1-6-20-15-33(10-11-34(20)17(3)4)27-29-14-22(28)25(31-27)30-19-8-9-23-18(12-19)13-24(26(36)32(23)5)37-16-21(35)7-2;1-4-20(34)15-36-23-11-17-10-18(7-8-22(17)31(3)25(23)35)29-24-21(27)12-28-26(30-24)32-13-16(2)33-9-5-6-19(33)14-32;1-4-17(31)14-34-21-11-15-10-16(6-7-20(15)29(3)23(21)32)27-22-19(25)12-26-24(28-22)30-8-9-33-18(5-2)13-30/h8-9,11-13,19-20H,4-7,10,14-16H2,1-3H3,(H,29,30,31);8-9,12-14,17,20H,6-7,10-11,15-16H2,1-5H3,(H,29,30,31);7-8,10-12,16,19H,4-6,9,13-15H2,1-3H3,(H,28,29,30);6-7,10-12,18H,4-5,8-9,13-14H2,1-3H3,(H,26,27,28)/t;;16-,19?;/m..1./s1. The summed E-state index contributed by atoms with van der Waals surface area (Å²) in [6.07, 6.45) is 16.1. The number of ether oxygens (including phenoxy) is 5. The molecule has 4 aromatic carbocycles. The third-order valence-electron chi connectivity index (χ3n) is 27.4. The van der Waals surface area contributed by atoms with E-state index < -0.39 is 0 Å². The SMILES string of the molecule is CCC(=O)COc1cc2cc(Nc3nc(N4CC(CC)N5CCCC5C4)ncc3Cl)ccc2n(C)c1=O.CCC(=O)COc1cc2cc(Nc3nc(N4CC5CCCN5[C@H](C)C4)ncc3Cl)ccc2n(C)c1=O.CCC(=O)COc1cc2cc(Nc3nc(N4CCN(C(C)C)C(CC)C4)ncc3Cl)ccc2n(C)c1=O.CCC(=O)COc1cc2cc(Nc3nc(N4CCOC(CC)C4)ncc3Cl)ccc2n(C)c1=O. The summed E-state index contributed by atoms with van der Waals surface area (Å²) in [6.45, 7) is 30.6. The Kier molecular flexibility index (Phi) is 35.1. The van der Waals surface area contributed by atoms with Gasteiger partial charge in [-0.3, -0.25) is 53.1 Å². The number of carbonyl (C=O) groups excluding carboxylic acids is 4. The predicted octanol–water partition coefficient (Wildman–Crippen LogP) is 16.0. The number of aromatic nitrogens is 12. The molecule has 6 aliphatic rings. The van der Waals surface area contributed by atoms with Gasteiger partial charge < -0.3 is 82.8 Å². The number of pyridine rings is 4. The Balaban J connectivity index is 0.000000145. The fourth-order valence-corrected chi connectivity index (χ4v) is 19.6. The first kappa shape index (κ1) is 106.